The van der Waals surface area contributed by atoms with Gasteiger partial charge in [0.15, 0.2) is 0 Å². The van der Waals surface area contributed by atoms with Crippen molar-refractivity contribution in [2.45, 2.75) is 37.9 Å². The fourth-order valence-electron chi connectivity index (χ4n) is 1.88. The van der Waals surface area contributed by atoms with Crippen LogP contribution in [0.25, 0.3) is 0 Å². The zero-order valence-electron chi connectivity index (χ0n) is 12.2. The van der Waals surface area contributed by atoms with E-state index in [1.165, 1.54) is 6.26 Å². The summed E-state index contributed by atoms with van der Waals surface area (Å²) in [6.45, 7) is 4.69. The highest BCUT2D eigenvalue weighted by Crippen LogP contribution is 2.16. The van der Waals surface area contributed by atoms with E-state index in [1.807, 2.05) is 26.0 Å². The second-order valence-corrected chi connectivity index (χ2v) is 6.78. The predicted octanol–water partition coefficient (Wildman–Crippen LogP) is 2.26. The Kier molecular flexibility index (Phi) is 5.17. The summed E-state index contributed by atoms with van der Waals surface area (Å²) < 4.78 is 32.5. The van der Waals surface area contributed by atoms with Crippen LogP contribution in [-0.2, 0) is 23.1 Å². The molecular formula is C15H20N2O3S. The Morgan fingerprint density at radius 3 is 2.52 bits per heavy atom. The van der Waals surface area contributed by atoms with E-state index in [0.717, 1.165) is 5.56 Å². The van der Waals surface area contributed by atoms with Crippen molar-refractivity contribution in [3.8, 4) is 0 Å². The summed E-state index contributed by atoms with van der Waals surface area (Å²) in [7, 11) is -3.56. The maximum Gasteiger partial charge on any atom is 0.241 e. The van der Waals surface area contributed by atoms with Crippen molar-refractivity contribution in [3.63, 3.8) is 0 Å². The van der Waals surface area contributed by atoms with Gasteiger partial charge in [-0.25, -0.2) is 13.1 Å². The van der Waals surface area contributed by atoms with Crippen molar-refractivity contribution in [2.24, 2.45) is 0 Å². The van der Waals surface area contributed by atoms with Crippen LogP contribution >= 0.6 is 0 Å². The van der Waals surface area contributed by atoms with E-state index in [2.05, 4.69) is 10.0 Å². The Labute approximate surface area is 125 Å². The van der Waals surface area contributed by atoms with E-state index < -0.39 is 10.0 Å². The second-order valence-electron chi connectivity index (χ2n) is 5.05. The van der Waals surface area contributed by atoms with Crippen LogP contribution in [0.1, 0.15) is 25.2 Å². The van der Waals surface area contributed by atoms with Crippen molar-refractivity contribution < 1.29 is 12.8 Å². The average Bonchev–Trinajstić information content (AvgIpc) is 2.97. The first-order valence-corrected chi connectivity index (χ1v) is 8.30. The lowest BCUT2D eigenvalue weighted by atomic mass is 10.2. The highest BCUT2D eigenvalue weighted by atomic mass is 32.2. The van der Waals surface area contributed by atoms with Crippen molar-refractivity contribution in [2.75, 3.05) is 0 Å². The Bertz CT molecular complexity index is 664. The summed E-state index contributed by atoms with van der Waals surface area (Å²) >= 11 is 0. The molecule has 1 heterocycles. The number of rotatable bonds is 7. The van der Waals surface area contributed by atoms with Gasteiger partial charge in [0.05, 0.1) is 17.7 Å². The summed E-state index contributed by atoms with van der Waals surface area (Å²) in [6.07, 6.45) is 1.52. The van der Waals surface area contributed by atoms with Gasteiger partial charge < -0.3 is 9.73 Å². The standard InChI is InChI=1S/C15H20N2O3S/c1-12(2)16-10-13-6-3-4-8-15(13)21(18,19)17-11-14-7-5-9-20-14/h3-9,12,16-17H,10-11H2,1-2H3. The van der Waals surface area contributed by atoms with Crippen molar-refractivity contribution in [3.05, 3.63) is 54.0 Å². The van der Waals surface area contributed by atoms with Crippen LogP contribution in [0.3, 0.4) is 0 Å². The summed E-state index contributed by atoms with van der Waals surface area (Å²) in [5.74, 6) is 0.580. The third-order valence-electron chi connectivity index (χ3n) is 2.98. The van der Waals surface area contributed by atoms with E-state index in [0.29, 0.717) is 17.2 Å². The highest BCUT2D eigenvalue weighted by molar-refractivity contribution is 7.89. The van der Waals surface area contributed by atoms with Gasteiger partial charge in [0, 0.05) is 12.6 Å². The van der Waals surface area contributed by atoms with Crippen LogP contribution in [0.5, 0.6) is 0 Å². The van der Waals surface area contributed by atoms with Gasteiger partial charge in [0.25, 0.3) is 0 Å². The van der Waals surface area contributed by atoms with Crippen LogP contribution in [0.2, 0.25) is 0 Å². The molecule has 5 nitrogen and oxygen atoms in total. The SMILES string of the molecule is CC(C)NCc1ccccc1S(=O)(=O)NCc1ccco1. The van der Waals surface area contributed by atoms with Crippen LogP contribution in [0.15, 0.2) is 52.0 Å². The zero-order valence-corrected chi connectivity index (χ0v) is 13.0. The van der Waals surface area contributed by atoms with Crippen LogP contribution in [0.4, 0.5) is 0 Å². The van der Waals surface area contributed by atoms with E-state index in [4.69, 9.17) is 4.42 Å². The topological polar surface area (TPSA) is 71.3 Å². The molecule has 0 fully saturated rings. The Morgan fingerprint density at radius 1 is 1.10 bits per heavy atom. The van der Waals surface area contributed by atoms with Gasteiger partial charge in [-0.2, -0.15) is 0 Å². The summed E-state index contributed by atoms with van der Waals surface area (Å²) in [4.78, 5) is 0.296. The monoisotopic (exact) mass is 308 g/mol. The van der Waals surface area contributed by atoms with Gasteiger partial charge >= 0.3 is 0 Å². The van der Waals surface area contributed by atoms with Gasteiger partial charge in [-0.15, -0.1) is 0 Å². The van der Waals surface area contributed by atoms with E-state index in [1.54, 1.807) is 24.3 Å². The summed E-state index contributed by atoms with van der Waals surface area (Å²) in [5, 5.41) is 3.23. The molecule has 2 N–H and O–H groups in total. The predicted molar refractivity (Wildman–Crippen MR) is 81.2 cm³/mol. The van der Waals surface area contributed by atoms with Crippen LogP contribution in [0, 0.1) is 0 Å². The minimum absolute atomic E-state index is 0.140. The molecule has 1 aromatic carbocycles. The molecule has 0 bridgehead atoms. The van der Waals surface area contributed by atoms with Gasteiger partial charge in [0.2, 0.25) is 10.0 Å². The van der Waals surface area contributed by atoms with Crippen LogP contribution < -0.4 is 10.0 Å². The van der Waals surface area contributed by atoms with Gasteiger partial charge in [-0.1, -0.05) is 32.0 Å². The molecule has 0 aliphatic heterocycles. The van der Waals surface area contributed by atoms with Crippen molar-refractivity contribution in [1.29, 1.82) is 0 Å². The number of hydrogen-bond donors (Lipinski definition) is 2. The fourth-order valence-corrected chi connectivity index (χ4v) is 3.11. The normalized spacial score (nSPS) is 12.0. The average molecular weight is 308 g/mol. The summed E-state index contributed by atoms with van der Waals surface area (Å²) in [6, 6.07) is 10.7. The molecule has 6 heteroatoms. The van der Waals surface area contributed by atoms with Gasteiger partial charge in [-0.05, 0) is 23.8 Å². The van der Waals surface area contributed by atoms with Gasteiger partial charge in [0.1, 0.15) is 5.76 Å². The molecule has 1 aromatic heterocycles. The fraction of sp³-hybridized carbons (Fsp3) is 0.333. The zero-order chi connectivity index (χ0) is 15.3. The minimum Gasteiger partial charge on any atom is -0.468 e. The number of hydrogen-bond acceptors (Lipinski definition) is 4. The Hall–Kier alpha value is -1.63. The molecule has 0 atom stereocenters. The molecule has 2 rings (SSSR count). The maximum absolute atomic E-state index is 12.4. The third-order valence-corrected chi connectivity index (χ3v) is 4.48. The third kappa shape index (κ3) is 4.42. The molecule has 0 radical (unpaired) electrons. The number of sulfonamides is 1. The quantitative estimate of drug-likeness (QED) is 0.823. The molecule has 0 spiro atoms. The van der Waals surface area contributed by atoms with Gasteiger partial charge in [-0.3, -0.25) is 0 Å². The first kappa shape index (κ1) is 15.8. The van der Waals surface area contributed by atoms with E-state index >= 15 is 0 Å². The molecule has 0 amide bonds. The lowest BCUT2D eigenvalue weighted by molar-refractivity contribution is 0.498. The number of nitrogens with one attached hydrogen (secondary N) is 2. The largest absolute Gasteiger partial charge is 0.468 e. The number of benzene rings is 1. The van der Waals surface area contributed by atoms with Crippen LogP contribution in [-0.4, -0.2) is 14.5 Å². The number of furan rings is 1. The molecule has 21 heavy (non-hydrogen) atoms. The molecule has 2 aromatic rings. The molecule has 0 saturated carbocycles. The maximum atomic E-state index is 12.4. The first-order chi connectivity index (χ1) is 9.99. The summed E-state index contributed by atoms with van der Waals surface area (Å²) in [5.41, 5.74) is 0.748. The Balaban J connectivity index is 2.15. The molecular weight excluding hydrogens is 288 g/mol. The molecule has 0 aliphatic rings. The van der Waals surface area contributed by atoms with E-state index in [9.17, 15) is 8.42 Å². The highest BCUT2D eigenvalue weighted by Gasteiger charge is 2.18. The lowest BCUT2D eigenvalue weighted by Crippen LogP contribution is -2.27. The van der Waals surface area contributed by atoms with Crippen molar-refractivity contribution >= 4 is 10.0 Å². The smallest absolute Gasteiger partial charge is 0.241 e. The first-order valence-electron chi connectivity index (χ1n) is 6.82. The molecule has 0 unspecified atom stereocenters. The minimum atomic E-state index is -3.56. The second kappa shape index (κ2) is 6.89. The van der Waals surface area contributed by atoms with Crippen molar-refractivity contribution in [1.82, 2.24) is 10.0 Å². The molecule has 0 aliphatic carbocycles. The molecule has 114 valence electrons. The van der Waals surface area contributed by atoms with E-state index in [-0.39, 0.29) is 12.6 Å². The lowest BCUT2D eigenvalue weighted by Gasteiger charge is -2.13. The Morgan fingerprint density at radius 2 is 1.86 bits per heavy atom. The molecule has 0 saturated heterocycles.